The molecule has 2 N–H and O–H groups in total. The first-order valence-electron chi connectivity index (χ1n) is 8.51. The largest absolute Gasteiger partial charge is 0.495 e. The van der Waals surface area contributed by atoms with E-state index < -0.39 is 0 Å². The van der Waals surface area contributed by atoms with Crippen LogP contribution in [-0.4, -0.2) is 25.7 Å². The second-order valence-corrected chi connectivity index (χ2v) is 6.46. The van der Waals surface area contributed by atoms with Crippen LogP contribution < -0.4 is 15.4 Å². The number of rotatable bonds is 4. The first-order chi connectivity index (χ1) is 10.4. The molecule has 0 bridgehead atoms. The molecular weight excluding hydrogens is 260 g/mol. The van der Waals surface area contributed by atoms with Gasteiger partial charge in [0.05, 0.1) is 12.8 Å². The number of methoxy groups -OCH3 is 1. The summed E-state index contributed by atoms with van der Waals surface area (Å²) in [5.41, 5.74) is 1.15. The third-order valence-corrected chi connectivity index (χ3v) is 5.13. The molecule has 21 heavy (non-hydrogen) atoms. The zero-order chi connectivity index (χ0) is 14.5. The van der Waals surface area contributed by atoms with Crippen LogP contribution in [0.3, 0.4) is 0 Å². The Hall–Kier alpha value is -1.22. The molecule has 3 nitrogen and oxygen atoms in total. The highest BCUT2D eigenvalue weighted by molar-refractivity contribution is 5.56. The molecule has 116 valence electrons. The Morgan fingerprint density at radius 2 is 1.86 bits per heavy atom. The molecule has 3 heteroatoms. The molecule has 3 rings (SSSR count). The van der Waals surface area contributed by atoms with Crippen LogP contribution in [-0.2, 0) is 0 Å². The third kappa shape index (κ3) is 3.52. The fourth-order valence-corrected chi connectivity index (χ4v) is 4.03. The molecule has 1 saturated carbocycles. The maximum atomic E-state index is 5.49. The van der Waals surface area contributed by atoms with E-state index in [-0.39, 0.29) is 0 Å². The van der Waals surface area contributed by atoms with Crippen LogP contribution in [0.4, 0.5) is 5.69 Å². The molecule has 1 heterocycles. The number of anilines is 1. The van der Waals surface area contributed by atoms with Crippen molar-refractivity contribution in [3.05, 3.63) is 24.3 Å². The molecule has 0 aromatic heterocycles. The van der Waals surface area contributed by atoms with Gasteiger partial charge in [0.1, 0.15) is 5.75 Å². The monoisotopic (exact) mass is 288 g/mol. The maximum absolute atomic E-state index is 5.49. The van der Waals surface area contributed by atoms with E-state index in [1.54, 1.807) is 7.11 Å². The van der Waals surface area contributed by atoms with Gasteiger partial charge in [-0.3, -0.25) is 0 Å². The Morgan fingerprint density at radius 1 is 1.05 bits per heavy atom. The van der Waals surface area contributed by atoms with Crippen molar-refractivity contribution in [2.45, 2.75) is 57.0 Å². The smallest absolute Gasteiger partial charge is 0.141 e. The standard InChI is InChI=1S/C18H28N2O/c1-21-18-12-5-4-11-17(18)20-16-10-3-2-8-14(16)15-9-6-7-13-19-15/h4-5,11-12,14-16,19-20H,2-3,6-10,13H2,1H3. The lowest BCUT2D eigenvalue weighted by Gasteiger charge is -2.40. The lowest BCUT2D eigenvalue weighted by atomic mass is 9.77. The highest BCUT2D eigenvalue weighted by atomic mass is 16.5. The number of hydrogen-bond acceptors (Lipinski definition) is 3. The lowest BCUT2D eigenvalue weighted by molar-refractivity contribution is 0.217. The Labute approximate surface area is 128 Å². The lowest BCUT2D eigenvalue weighted by Crippen LogP contribution is -2.48. The molecule has 0 amide bonds. The van der Waals surface area contributed by atoms with Crippen molar-refractivity contribution in [3.63, 3.8) is 0 Å². The first kappa shape index (κ1) is 14.7. The van der Waals surface area contributed by atoms with Crippen LogP contribution >= 0.6 is 0 Å². The van der Waals surface area contributed by atoms with E-state index in [9.17, 15) is 0 Å². The number of para-hydroxylation sites is 2. The van der Waals surface area contributed by atoms with Crippen molar-refractivity contribution in [3.8, 4) is 5.75 Å². The minimum Gasteiger partial charge on any atom is -0.495 e. The summed E-state index contributed by atoms with van der Waals surface area (Å²) in [6.45, 7) is 1.20. The zero-order valence-electron chi connectivity index (χ0n) is 13.1. The van der Waals surface area contributed by atoms with E-state index in [4.69, 9.17) is 4.74 Å². The summed E-state index contributed by atoms with van der Waals surface area (Å²) in [4.78, 5) is 0. The molecule has 1 aliphatic carbocycles. The van der Waals surface area contributed by atoms with Crippen molar-refractivity contribution >= 4 is 5.69 Å². The number of nitrogens with one attached hydrogen (secondary N) is 2. The number of benzene rings is 1. The predicted octanol–water partition coefficient (Wildman–Crippen LogP) is 3.81. The minimum absolute atomic E-state index is 0.575. The van der Waals surface area contributed by atoms with Gasteiger partial charge in [0.15, 0.2) is 0 Å². The van der Waals surface area contributed by atoms with Gasteiger partial charge in [-0.25, -0.2) is 0 Å². The number of piperidine rings is 1. The molecule has 3 unspecified atom stereocenters. The summed E-state index contributed by atoms with van der Waals surface area (Å²) in [7, 11) is 1.75. The predicted molar refractivity (Wildman–Crippen MR) is 88.0 cm³/mol. The summed E-state index contributed by atoms with van der Waals surface area (Å²) < 4.78 is 5.49. The fourth-order valence-electron chi connectivity index (χ4n) is 4.03. The quantitative estimate of drug-likeness (QED) is 0.884. The molecule has 1 aromatic carbocycles. The Bertz CT molecular complexity index is 443. The Kier molecular flexibility index (Phi) is 5.02. The van der Waals surface area contributed by atoms with Crippen molar-refractivity contribution < 1.29 is 4.74 Å². The van der Waals surface area contributed by atoms with Gasteiger partial charge in [-0.1, -0.05) is 31.4 Å². The molecule has 3 atom stereocenters. The highest BCUT2D eigenvalue weighted by Crippen LogP contribution is 2.34. The number of ether oxygens (including phenoxy) is 1. The van der Waals surface area contributed by atoms with Gasteiger partial charge >= 0.3 is 0 Å². The second kappa shape index (κ2) is 7.17. The highest BCUT2D eigenvalue weighted by Gasteiger charge is 2.32. The summed E-state index contributed by atoms with van der Waals surface area (Å²) in [5, 5.41) is 7.54. The van der Waals surface area contributed by atoms with Gasteiger partial charge in [-0.2, -0.15) is 0 Å². The molecule has 0 spiro atoms. The van der Waals surface area contributed by atoms with Gasteiger partial charge < -0.3 is 15.4 Å². The van der Waals surface area contributed by atoms with Crippen LogP contribution in [0.5, 0.6) is 5.75 Å². The van der Waals surface area contributed by atoms with Crippen LogP contribution in [0.2, 0.25) is 0 Å². The van der Waals surface area contributed by atoms with E-state index in [1.807, 2.05) is 12.1 Å². The molecule has 1 aromatic rings. The topological polar surface area (TPSA) is 33.3 Å². The fraction of sp³-hybridized carbons (Fsp3) is 0.667. The zero-order valence-corrected chi connectivity index (χ0v) is 13.1. The van der Waals surface area contributed by atoms with Gasteiger partial charge in [0, 0.05) is 12.1 Å². The van der Waals surface area contributed by atoms with E-state index in [0.717, 1.165) is 17.4 Å². The molecule has 1 aliphatic heterocycles. The molecular formula is C18H28N2O. The summed E-state index contributed by atoms with van der Waals surface area (Å²) in [5.74, 6) is 1.71. The van der Waals surface area contributed by atoms with Gasteiger partial charge in [-0.15, -0.1) is 0 Å². The SMILES string of the molecule is COc1ccccc1NC1CCCCC1C1CCCCN1. The molecule has 1 saturated heterocycles. The summed E-state index contributed by atoms with van der Waals surface area (Å²) >= 11 is 0. The van der Waals surface area contributed by atoms with Crippen molar-refractivity contribution in [1.82, 2.24) is 5.32 Å². The Balaban J connectivity index is 1.71. The van der Waals surface area contributed by atoms with Gasteiger partial charge in [0.25, 0.3) is 0 Å². The normalized spacial score (nSPS) is 29.9. The summed E-state index contributed by atoms with van der Waals surface area (Å²) in [6, 6.07) is 9.57. The van der Waals surface area contributed by atoms with Gasteiger partial charge in [-0.05, 0) is 50.3 Å². The third-order valence-electron chi connectivity index (χ3n) is 5.13. The van der Waals surface area contributed by atoms with Crippen molar-refractivity contribution in [2.75, 3.05) is 19.0 Å². The minimum atomic E-state index is 0.575. The van der Waals surface area contributed by atoms with Crippen molar-refractivity contribution in [1.29, 1.82) is 0 Å². The van der Waals surface area contributed by atoms with Gasteiger partial charge in [0.2, 0.25) is 0 Å². The van der Waals surface area contributed by atoms with Crippen LogP contribution in [0.15, 0.2) is 24.3 Å². The average Bonchev–Trinajstić information content (AvgIpc) is 2.57. The average molecular weight is 288 g/mol. The van der Waals surface area contributed by atoms with E-state index in [1.165, 1.54) is 51.5 Å². The van der Waals surface area contributed by atoms with Crippen LogP contribution in [0.25, 0.3) is 0 Å². The molecule has 0 radical (unpaired) electrons. The van der Waals surface area contributed by atoms with E-state index >= 15 is 0 Å². The Morgan fingerprint density at radius 3 is 2.67 bits per heavy atom. The maximum Gasteiger partial charge on any atom is 0.141 e. The first-order valence-corrected chi connectivity index (χ1v) is 8.51. The molecule has 2 fully saturated rings. The van der Waals surface area contributed by atoms with E-state index in [0.29, 0.717) is 12.1 Å². The second-order valence-electron chi connectivity index (χ2n) is 6.46. The van der Waals surface area contributed by atoms with E-state index in [2.05, 4.69) is 22.8 Å². The number of hydrogen-bond donors (Lipinski definition) is 2. The van der Waals surface area contributed by atoms with Crippen LogP contribution in [0, 0.1) is 5.92 Å². The van der Waals surface area contributed by atoms with Crippen molar-refractivity contribution in [2.24, 2.45) is 5.92 Å². The summed E-state index contributed by atoms with van der Waals surface area (Å²) in [6.07, 6.45) is 9.42. The molecule has 2 aliphatic rings. The van der Waals surface area contributed by atoms with Crippen LogP contribution in [0.1, 0.15) is 44.9 Å².